The fourth-order valence-corrected chi connectivity index (χ4v) is 9.85. The number of benzene rings is 3. The molecule has 0 radical (unpaired) electrons. The standard InChI is InChI=1S/C50H60Cl2F3N7O6/c1-30-45(64)58-40(28-67-7)47(66)60(6)49(22-31-9-13-34(51)14-10-31)17-8-18-61(29-49)46(65)37(33-23-50(54,55)24-33)21-44(63)62(30)27-38-39(53)19-35(52)20-42(38)68-36-15-11-32(12-16-36)41-25-56-43(59(41)5)26-57-48(2,3)4/h9-16,19-20,25,30,33,37,40,57H,8,17-18,21-24,26-29H2,1-7H3,(H,58,64)/t30-,37-,40-,49+/m0/s1. The van der Waals surface area contributed by atoms with Crippen molar-refractivity contribution in [2.24, 2.45) is 18.9 Å². The van der Waals surface area contributed by atoms with Gasteiger partial charge >= 0.3 is 0 Å². The molecule has 7 rings (SSSR count). The Kier molecular flexibility index (Phi) is 15.2. The van der Waals surface area contributed by atoms with Gasteiger partial charge in [-0.1, -0.05) is 35.3 Å². The minimum atomic E-state index is -3.02. The SMILES string of the molecule is COC[C@@H]1NC(=O)[C@H](C)N(Cc2c(F)cc(Cl)cc2Oc2ccc(-c3cnc(CNC(C)(C)C)n3C)cc2)C(=O)C[C@@H](C2CC(F)(F)C2)C(=O)N2CCC[C@@](Cc3ccc(Cl)cc3)(C2)N(C)C1=O. The molecular weight excluding hydrogens is 922 g/mol. The molecule has 2 N–H and O–H groups in total. The van der Waals surface area contributed by atoms with E-state index in [2.05, 4.69) is 36.4 Å². The van der Waals surface area contributed by atoms with Gasteiger partial charge in [-0.2, -0.15) is 0 Å². The molecule has 1 aliphatic carbocycles. The molecule has 4 amide bonds. The van der Waals surface area contributed by atoms with E-state index in [1.165, 1.54) is 20.1 Å². The second-order valence-electron chi connectivity index (χ2n) is 19.6. The summed E-state index contributed by atoms with van der Waals surface area (Å²) in [6.45, 7) is 7.72. The molecule has 3 fully saturated rings. The molecule has 0 spiro atoms. The first-order chi connectivity index (χ1) is 32.1. The summed E-state index contributed by atoms with van der Waals surface area (Å²) in [4.78, 5) is 67.6. The van der Waals surface area contributed by atoms with Crippen LogP contribution in [0.2, 0.25) is 10.0 Å². The lowest BCUT2D eigenvalue weighted by Crippen LogP contribution is -2.66. The Hall–Kier alpha value is -5.16. The molecule has 1 saturated carbocycles. The Morgan fingerprint density at radius 2 is 1.65 bits per heavy atom. The van der Waals surface area contributed by atoms with Crippen molar-refractivity contribution in [1.82, 2.24) is 34.9 Å². The van der Waals surface area contributed by atoms with Gasteiger partial charge in [-0.15, -0.1) is 0 Å². The Bertz CT molecular complexity index is 2490. The van der Waals surface area contributed by atoms with Crippen molar-refractivity contribution in [3.8, 4) is 22.8 Å². The number of ether oxygens (including phenoxy) is 2. The number of hydrogen-bond donors (Lipinski definition) is 2. The number of hydrogen-bond acceptors (Lipinski definition) is 8. The molecular formula is C50H60Cl2F3N7O6. The number of aromatic nitrogens is 2. The summed E-state index contributed by atoms with van der Waals surface area (Å²) in [6, 6.07) is 14.0. The molecule has 2 aliphatic heterocycles. The number of nitrogens with zero attached hydrogens (tertiary/aromatic N) is 5. The topological polar surface area (TPSA) is 138 Å². The number of likely N-dealkylation sites (N-methyl/N-ethyl adjacent to an activating group) is 1. The smallest absolute Gasteiger partial charge is 0.248 e. The van der Waals surface area contributed by atoms with E-state index in [0.29, 0.717) is 36.6 Å². The first-order valence-corrected chi connectivity index (χ1v) is 23.6. The normalized spacial score (nSPS) is 23.1. The van der Waals surface area contributed by atoms with Crippen molar-refractivity contribution in [2.75, 3.05) is 33.9 Å². The maximum Gasteiger partial charge on any atom is 0.248 e. The van der Waals surface area contributed by atoms with E-state index in [4.69, 9.17) is 32.7 Å². The predicted octanol–water partition coefficient (Wildman–Crippen LogP) is 8.19. The van der Waals surface area contributed by atoms with Gasteiger partial charge in [0.05, 0.1) is 43.0 Å². The number of imidazole rings is 1. The fourth-order valence-electron chi connectivity index (χ4n) is 9.53. The number of methoxy groups -OCH3 is 1. The molecule has 3 aromatic carbocycles. The number of amides is 4. The Balaban J connectivity index is 1.22. The van der Waals surface area contributed by atoms with Crippen molar-refractivity contribution in [2.45, 2.75) is 108 Å². The largest absolute Gasteiger partial charge is 0.457 e. The molecule has 3 aliphatic rings. The lowest BCUT2D eigenvalue weighted by Gasteiger charge is -2.51. The summed E-state index contributed by atoms with van der Waals surface area (Å²) in [5.74, 6) is -7.37. The van der Waals surface area contributed by atoms with Crippen LogP contribution in [0.5, 0.6) is 11.5 Å². The van der Waals surface area contributed by atoms with Gasteiger partial charge in [0.1, 0.15) is 35.2 Å². The number of piperidine rings is 1. The molecule has 1 aromatic heterocycles. The molecule has 13 nitrogen and oxygen atoms in total. The van der Waals surface area contributed by atoms with Crippen LogP contribution in [0.25, 0.3) is 11.3 Å². The van der Waals surface area contributed by atoms with Gasteiger partial charge in [-0.3, -0.25) is 19.2 Å². The Morgan fingerprint density at radius 3 is 2.29 bits per heavy atom. The first kappa shape index (κ1) is 50.7. The quantitative estimate of drug-likeness (QED) is 0.145. The Labute approximate surface area is 405 Å². The lowest BCUT2D eigenvalue weighted by atomic mass is 9.70. The predicted molar refractivity (Wildman–Crippen MR) is 253 cm³/mol. The van der Waals surface area contributed by atoms with Gasteiger partial charge in [-0.25, -0.2) is 18.2 Å². The number of carbonyl (C=O) groups is 4. The van der Waals surface area contributed by atoms with E-state index in [0.717, 1.165) is 33.6 Å². The van der Waals surface area contributed by atoms with Gasteiger partial charge in [-0.05, 0) is 107 Å². The molecule has 2 bridgehead atoms. The number of halogens is 5. The molecule has 366 valence electrons. The first-order valence-electron chi connectivity index (χ1n) is 22.9. The highest BCUT2D eigenvalue weighted by molar-refractivity contribution is 6.31. The van der Waals surface area contributed by atoms with Gasteiger partial charge < -0.3 is 39.4 Å². The fraction of sp³-hybridized carbons (Fsp3) is 0.500. The van der Waals surface area contributed by atoms with Crippen LogP contribution in [-0.4, -0.2) is 111 Å². The van der Waals surface area contributed by atoms with E-state index in [1.54, 1.807) is 47.3 Å². The van der Waals surface area contributed by atoms with Gasteiger partial charge in [0.25, 0.3) is 0 Å². The summed E-state index contributed by atoms with van der Waals surface area (Å²) in [7, 11) is 4.93. The zero-order valence-corrected chi connectivity index (χ0v) is 41.0. The highest BCUT2D eigenvalue weighted by Gasteiger charge is 2.53. The van der Waals surface area contributed by atoms with Crippen LogP contribution in [-0.2, 0) is 50.5 Å². The highest BCUT2D eigenvalue weighted by Crippen LogP contribution is 2.48. The van der Waals surface area contributed by atoms with Crippen molar-refractivity contribution in [3.63, 3.8) is 0 Å². The van der Waals surface area contributed by atoms with Crippen LogP contribution in [0, 0.1) is 17.7 Å². The number of rotatable bonds is 12. The molecule has 3 heterocycles. The molecule has 68 heavy (non-hydrogen) atoms. The van der Waals surface area contributed by atoms with Gasteiger partial charge in [0.15, 0.2) is 0 Å². The van der Waals surface area contributed by atoms with E-state index in [9.17, 15) is 28.0 Å². The minimum absolute atomic E-state index is 0.00226. The van der Waals surface area contributed by atoms with Crippen LogP contribution in [0.1, 0.15) is 76.8 Å². The minimum Gasteiger partial charge on any atom is -0.457 e. The van der Waals surface area contributed by atoms with Crippen LogP contribution in [0.4, 0.5) is 13.2 Å². The highest BCUT2D eigenvalue weighted by atomic mass is 35.5. The molecule has 18 heteroatoms. The second-order valence-corrected chi connectivity index (χ2v) is 20.4. The number of carbonyl (C=O) groups excluding carboxylic acids is 4. The number of nitrogens with one attached hydrogen (secondary N) is 2. The van der Waals surface area contributed by atoms with Crippen molar-refractivity contribution in [3.05, 3.63) is 99.7 Å². The molecule has 0 unspecified atom stereocenters. The van der Waals surface area contributed by atoms with Gasteiger partial charge in [0.2, 0.25) is 29.6 Å². The van der Waals surface area contributed by atoms with Crippen LogP contribution in [0.3, 0.4) is 0 Å². The van der Waals surface area contributed by atoms with Crippen LogP contribution < -0.4 is 15.4 Å². The zero-order chi connectivity index (χ0) is 49.3. The molecule has 4 aromatic rings. The third kappa shape index (κ3) is 11.5. The molecule has 4 atom stereocenters. The van der Waals surface area contributed by atoms with E-state index in [-0.39, 0.29) is 41.6 Å². The summed E-state index contributed by atoms with van der Waals surface area (Å²) in [5.41, 5.74) is 1.29. The summed E-state index contributed by atoms with van der Waals surface area (Å²) < 4.78 is 59.3. The van der Waals surface area contributed by atoms with Gasteiger partial charge in [0, 0.05) is 80.3 Å². The third-order valence-corrected chi connectivity index (χ3v) is 14.0. The maximum absolute atomic E-state index is 16.3. The monoisotopic (exact) mass is 981 g/mol. The van der Waals surface area contributed by atoms with Crippen LogP contribution in [0.15, 0.2) is 66.9 Å². The second kappa shape index (κ2) is 20.4. The summed E-state index contributed by atoms with van der Waals surface area (Å²) >= 11 is 12.6. The Morgan fingerprint density at radius 1 is 0.956 bits per heavy atom. The van der Waals surface area contributed by atoms with Crippen molar-refractivity contribution < 1.29 is 41.8 Å². The van der Waals surface area contributed by atoms with E-state index < -0.39 is 90.6 Å². The van der Waals surface area contributed by atoms with Crippen LogP contribution >= 0.6 is 23.2 Å². The average Bonchev–Trinajstić information content (AvgIpc) is 3.65. The average molecular weight is 983 g/mol. The van der Waals surface area contributed by atoms with Crippen molar-refractivity contribution in [1.29, 1.82) is 0 Å². The lowest BCUT2D eigenvalue weighted by molar-refractivity contribution is -0.164. The maximum atomic E-state index is 16.3. The number of alkyl halides is 2. The summed E-state index contributed by atoms with van der Waals surface area (Å²) in [6.07, 6.45) is 1.28. The zero-order valence-electron chi connectivity index (χ0n) is 39.5. The van der Waals surface area contributed by atoms with Crippen molar-refractivity contribution >= 4 is 46.8 Å². The third-order valence-electron chi connectivity index (χ3n) is 13.6. The van der Waals surface area contributed by atoms with E-state index in [1.807, 2.05) is 35.9 Å². The molecule has 2 saturated heterocycles. The number of fused-ring (bicyclic) bond motifs is 2. The van der Waals surface area contributed by atoms with E-state index >= 15 is 4.39 Å². The summed E-state index contributed by atoms with van der Waals surface area (Å²) in [5, 5.41) is 6.75.